The lowest BCUT2D eigenvalue weighted by molar-refractivity contribution is 0.183. The molecule has 0 aliphatic heterocycles. The van der Waals surface area contributed by atoms with E-state index in [2.05, 4.69) is 15.5 Å². The number of aryl methyl sites for hydroxylation is 1. The van der Waals surface area contributed by atoms with E-state index < -0.39 is 0 Å². The number of nitrogen functional groups attached to an aromatic ring is 1. The van der Waals surface area contributed by atoms with Crippen molar-refractivity contribution in [1.82, 2.24) is 20.2 Å². The molecule has 0 spiro atoms. The van der Waals surface area contributed by atoms with Crippen LogP contribution in [0.3, 0.4) is 0 Å². The second kappa shape index (κ2) is 4.92. The first-order valence-corrected chi connectivity index (χ1v) is 5.34. The van der Waals surface area contributed by atoms with E-state index in [0.717, 1.165) is 11.1 Å². The Morgan fingerprint density at radius 1 is 1.41 bits per heavy atom. The van der Waals surface area contributed by atoms with E-state index in [9.17, 15) is 0 Å². The van der Waals surface area contributed by atoms with Gasteiger partial charge in [0.05, 0.1) is 13.2 Å². The highest BCUT2D eigenvalue weighted by atomic mass is 16.5. The molecule has 0 radical (unpaired) electrons. The third-order valence-corrected chi connectivity index (χ3v) is 2.57. The van der Waals surface area contributed by atoms with Gasteiger partial charge in [-0.1, -0.05) is 12.1 Å². The van der Waals surface area contributed by atoms with Gasteiger partial charge in [-0.05, 0) is 29.0 Å². The Labute approximate surface area is 99.4 Å². The fourth-order valence-electron chi connectivity index (χ4n) is 1.71. The molecule has 2 rings (SSSR count). The Balaban J connectivity index is 2.43. The summed E-state index contributed by atoms with van der Waals surface area (Å²) in [5.74, 6) is 0.678. The van der Waals surface area contributed by atoms with Crippen molar-refractivity contribution in [3.63, 3.8) is 0 Å². The molecule has 6 nitrogen and oxygen atoms in total. The summed E-state index contributed by atoms with van der Waals surface area (Å²) in [5.41, 5.74) is 8.59. The molecular weight excluding hydrogens is 218 g/mol. The summed E-state index contributed by atoms with van der Waals surface area (Å²) in [6.45, 7) is 3.15. The molecule has 0 atom stereocenters. The summed E-state index contributed by atoms with van der Waals surface area (Å²) in [7, 11) is 1.64. The number of benzene rings is 1. The van der Waals surface area contributed by atoms with Crippen molar-refractivity contribution in [1.29, 1.82) is 0 Å². The van der Waals surface area contributed by atoms with Crippen LogP contribution in [-0.2, 0) is 11.3 Å². The molecule has 90 valence electrons. The molecule has 0 aliphatic rings. The number of nitrogens with two attached hydrogens (primary N) is 1. The normalized spacial score (nSPS) is 10.7. The molecule has 0 fully saturated rings. The van der Waals surface area contributed by atoms with Gasteiger partial charge in [0.2, 0.25) is 0 Å². The van der Waals surface area contributed by atoms with Gasteiger partial charge in [-0.3, -0.25) is 0 Å². The molecule has 6 heteroatoms. The molecule has 0 unspecified atom stereocenters. The van der Waals surface area contributed by atoms with Gasteiger partial charge in [0.25, 0.3) is 0 Å². The highest BCUT2D eigenvalue weighted by Crippen LogP contribution is 2.26. The number of tetrazole rings is 1. The van der Waals surface area contributed by atoms with Crippen LogP contribution in [-0.4, -0.2) is 33.9 Å². The van der Waals surface area contributed by atoms with Crippen LogP contribution in [0.1, 0.15) is 5.56 Å². The number of hydrogen-bond donors (Lipinski definition) is 1. The first-order valence-electron chi connectivity index (χ1n) is 5.34. The highest BCUT2D eigenvalue weighted by molar-refractivity contribution is 5.74. The molecule has 1 aromatic carbocycles. The molecule has 0 amide bonds. The monoisotopic (exact) mass is 233 g/mol. The summed E-state index contributed by atoms with van der Waals surface area (Å²) in [6, 6.07) is 5.75. The molecular formula is C11H15N5O. The number of hydrogen-bond acceptors (Lipinski definition) is 5. The van der Waals surface area contributed by atoms with Gasteiger partial charge in [0.1, 0.15) is 0 Å². The van der Waals surface area contributed by atoms with Gasteiger partial charge >= 0.3 is 0 Å². The molecule has 2 aromatic rings. The lowest BCUT2D eigenvalue weighted by Gasteiger charge is -2.09. The Kier molecular flexibility index (Phi) is 3.34. The summed E-state index contributed by atoms with van der Waals surface area (Å²) < 4.78 is 6.72. The topological polar surface area (TPSA) is 78.8 Å². The van der Waals surface area contributed by atoms with Crippen LogP contribution in [0.4, 0.5) is 5.69 Å². The van der Waals surface area contributed by atoms with E-state index in [1.165, 1.54) is 0 Å². The molecule has 17 heavy (non-hydrogen) atoms. The maximum atomic E-state index is 5.97. The van der Waals surface area contributed by atoms with Crippen LogP contribution in [0.15, 0.2) is 18.2 Å². The van der Waals surface area contributed by atoms with E-state index in [0.29, 0.717) is 24.7 Å². The van der Waals surface area contributed by atoms with E-state index in [1.54, 1.807) is 11.8 Å². The van der Waals surface area contributed by atoms with E-state index >= 15 is 0 Å². The second-order valence-corrected chi connectivity index (χ2v) is 3.76. The van der Waals surface area contributed by atoms with Crippen molar-refractivity contribution >= 4 is 5.69 Å². The minimum Gasteiger partial charge on any atom is -0.398 e. The lowest BCUT2D eigenvalue weighted by atomic mass is 10.1. The van der Waals surface area contributed by atoms with Crippen LogP contribution < -0.4 is 5.73 Å². The standard InChI is InChI=1S/C11H15N5O/c1-8-4-3-5-9(12)10(8)11-13-14-15-16(11)6-7-17-2/h3-5H,6-7,12H2,1-2H3. The Morgan fingerprint density at radius 2 is 2.24 bits per heavy atom. The largest absolute Gasteiger partial charge is 0.398 e. The van der Waals surface area contributed by atoms with E-state index in [1.807, 2.05) is 25.1 Å². The second-order valence-electron chi connectivity index (χ2n) is 3.76. The van der Waals surface area contributed by atoms with Crippen molar-refractivity contribution in [2.45, 2.75) is 13.5 Å². The lowest BCUT2D eigenvalue weighted by Crippen LogP contribution is -2.09. The molecule has 1 aromatic heterocycles. The van der Waals surface area contributed by atoms with Gasteiger partial charge in [-0.2, -0.15) is 0 Å². The predicted octanol–water partition coefficient (Wildman–Crippen LogP) is 0.877. The molecule has 0 saturated carbocycles. The van der Waals surface area contributed by atoms with Crippen molar-refractivity contribution in [3.05, 3.63) is 23.8 Å². The number of nitrogens with zero attached hydrogens (tertiary/aromatic N) is 4. The Morgan fingerprint density at radius 3 is 2.94 bits per heavy atom. The number of aromatic nitrogens is 4. The van der Waals surface area contributed by atoms with Crippen molar-refractivity contribution in [2.75, 3.05) is 19.5 Å². The van der Waals surface area contributed by atoms with E-state index in [-0.39, 0.29) is 0 Å². The molecule has 0 bridgehead atoms. The number of anilines is 1. The van der Waals surface area contributed by atoms with Crippen molar-refractivity contribution in [3.8, 4) is 11.4 Å². The number of methoxy groups -OCH3 is 1. The summed E-state index contributed by atoms with van der Waals surface area (Å²) in [4.78, 5) is 0. The SMILES string of the molecule is COCCn1nnnc1-c1c(C)cccc1N. The van der Waals surface area contributed by atoms with Crippen LogP contribution in [0.5, 0.6) is 0 Å². The van der Waals surface area contributed by atoms with Crippen molar-refractivity contribution in [2.24, 2.45) is 0 Å². The zero-order valence-corrected chi connectivity index (χ0v) is 9.92. The van der Waals surface area contributed by atoms with Gasteiger partial charge in [0.15, 0.2) is 5.82 Å². The van der Waals surface area contributed by atoms with E-state index in [4.69, 9.17) is 10.5 Å². The molecule has 0 aliphatic carbocycles. The number of ether oxygens (including phenoxy) is 1. The average Bonchev–Trinajstić information content (AvgIpc) is 2.74. The molecule has 1 heterocycles. The van der Waals surface area contributed by atoms with Gasteiger partial charge in [-0.15, -0.1) is 5.10 Å². The maximum Gasteiger partial charge on any atom is 0.184 e. The minimum atomic E-state index is 0.559. The Bertz CT molecular complexity index is 488. The smallest absolute Gasteiger partial charge is 0.184 e. The summed E-state index contributed by atoms with van der Waals surface area (Å²) in [5, 5.41) is 11.6. The summed E-state index contributed by atoms with van der Waals surface area (Å²) in [6.07, 6.45) is 0. The van der Waals surface area contributed by atoms with Crippen LogP contribution in [0.25, 0.3) is 11.4 Å². The highest BCUT2D eigenvalue weighted by Gasteiger charge is 2.13. The van der Waals surface area contributed by atoms with Gasteiger partial charge in [0, 0.05) is 18.4 Å². The van der Waals surface area contributed by atoms with Crippen LogP contribution in [0, 0.1) is 6.92 Å². The zero-order valence-electron chi connectivity index (χ0n) is 9.92. The first kappa shape index (κ1) is 11.5. The predicted molar refractivity (Wildman–Crippen MR) is 64.3 cm³/mol. The fourth-order valence-corrected chi connectivity index (χ4v) is 1.71. The quantitative estimate of drug-likeness (QED) is 0.793. The number of rotatable bonds is 4. The van der Waals surface area contributed by atoms with Gasteiger partial charge in [-0.25, -0.2) is 4.68 Å². The van der Waals surface area contributed by atoms with Gasteiger partial charge < -0.3 is 10.5 Å². The fraction of sp³-hybridized carbons (Fsp3) is 0.364. The third kappa shape index (κ3) is 2.26. The van der Waals surface area contributed by atoms with Crippen molar-refractivity contribution < 1.29 is 4.74 Å². The summed E-state index contributed by atoms with van der Waals surface area (Å²) >= 11 is 0. The maximum absolute atomic E-state index is 5.97. The molecule has 2 N–H and O–H groups in total. The van der Waals surface area contributed by atoms with Crippen LogP contribution >= 0.6 is 0 Å². The molecule has 0 saturated heterocycles. The van der Waals surface area contributed by atoms with Crippen LogP contribution in [0.2, 0.25) is 0 Å². The minimum absolute atomic E-state index is 0.559. The third-order valence-electron chi connectivity index (χ3n) is 2.57. The average molecular weight is 233 g/mol. The zero-order chi connectivity index (χ0) is 12.3. The Hall–Kier alpha value is -1.95. The first-order chi connectivity index (χ1) is 8.24.